The maximum atomic E-state index is 17.0. The molecule has 0 saturated carbocycles. The molecule has 3 aliphatic heterocycles. The van der Waals surface area contributed by atoms with Crippen molar-refractivity contribution in [2.45, 2.75) is 43.9 Å². The highest BCUT2D eigenvalue weighted by molar-refractivity contribution is 6.03. The Bertz CT molecular complexity index is 2370. The van der Waals surface area contributed by atoms with Gasteiger partial charge >= 0.3 is 6.01 Å². The van der Waals surface area contributed by atoms with E-state index in [-0.39, 0.29) is 82.8 Å². The molecule has 0 bridgehead atoms. The number of aromatic nitrogens is 5. The second-order valence-electron chi connectivity index (χ2n) is 13.9. The topological polar surface area (TPSA) is 121 Å². The molecule has 276 valence electrons. The molecule has 11 nitrogen and oxygen atoms in total. The lowest BCUT2D eigenvalue weighted by molar-refractivity contribution is -0.129. The predicted molar refractivity (Wildman–Crippen MR) is 193 cm³/mol. The molecule has 3 saturated heterocycles. The molecule has 3 aromatic heterocycles. The first-order valence-corrected chi connectivity index (χ1v) is 17.6. The highest BCUT2D eigenvalue weighted by atomic mass is 19.1. The van der Waals surface area contributed by atoms with E-state index >= 15 is 8.78 Å². The first kappa shape index (κ1) is 35.2. The lowest BCUT2D eigenvalue weighted by Gasteiger charge is -2.40. The van der Waals surface area contributed by atoms with Crippen LogP contribution in [-0.4, -0.2) is 103 Å². The summed E-state index contributed by atoms with van der Waals surface area (Å²) in [4.78, 5) is 39.9. The number of nitrogens with zero attached hydrogens (tertiary/aromatic N) is 8. The molecule has 0 radical (unpaired) electrons. The quantitative estimate of drug-likeness (QED) is 0.128. The van der Waals surface area contributed by atoms with Gasteiger partial charge in [-0.1, -0.05) is 12.0 Å². The maximum Gasteiger partial charge on any atom is 0.319 e. The Balaban J connectivity index is 1.19. The van der Waals surface area contributed by atoms with Crippen LogP contribution in [-0.2, 0) is 4.79 Å². The van der Waals surface area contributed by atoms with Crippen molar-refractivity contribution in [1.29, 1.82) is 0 Å². The van der Waals surface area contributed by atoms with Crippen LogP contribution in [0.1, 0.15) is 37.6 Å². The molecule has 0 spiro atoms. The number of carbonyl (C=O) groups is 1. The van der Waals surface area contributed by atoms with Gasteiger partial charge in [0.25, 0.3) is 5.91 Å². The highest BCUT2D eigenvalue weighted by Gasteiger charge is 2.49. The zero-order valence-corrected chi connectivity index (χ0v) is 29.1. The molecule has 3 fully saturated rings. The first-order chi connectivity index (χ1) is 26.0. The fourth-order valence-electron chi connectivity index (χ4n) is 8.06. The fraction of sp³-hybridized carbons (Fsp3) is 0.333. The number of alkyl halides is 1. The van der Waals surface area contributed by atoms with E-state index in [0.717, 1.165) is 25.5 Å². The monoisotopic (exact) mass is 738 g/mol. The lowest BCUT2D eigenvalue weighted by Crippen LogP contribution is -2.54. The SMILES string of the molecule is C#Cc1c(F)ccc2cc(O)cc(-c3ncc4c(N5CCN(C(=O)/C(F)=C/c6ncccn6)C[C@@H]5C)nc(OC[C@@]56CCCN5C[C@H](F)C6)nc4c3F)c12. The largest absolute Gasteiger partial charge is 0.508 e. The molecule has 15 heteroatoms. The van der Waals surface area contributed by atoms with Gasteiger partial charge in [-0.25, -0.2) is 27.5 Å². The third kappa shape index (κ3) is 6.19. The molecule has 0 unspecified atom stereocenters. The number of benzene rings is 2. The molecule has 2 aromatic carbocycles. The average Bonchev–Trinajstić information content (AvgIpc) is 3.69. The molecule has 6 heterocycles. The van der Waals surface area contributed by atoms with Gasteiger partial charge in [0, 0.05) is 74.3 Å². The Kier molecular flexibility index (Phi) is 9.01. The van der Waals surface area contributed by atoms with Crippen molar-refractivity contribution in [3.8, 4) is 35.4 Å². The number of anilines is 1. The number of piperazine rings is 1. The van der Waals surface area contributed by atoms with Gasteiger partial charge in [-0.2, -0.15) is 9.97 Å². The molecule has 1 amide bonds. The Hall–Kier alpha value is -5.88. The summed E-state index contributed by atoms with van der Waals surface area (Å²) in [6.07, 6.45) is 11.8. The number of pyridine rings is 1. The van der Waals surface area contributed by atoms with Crippen molar-refractivity contribution in [1.82, 2.24) is 34.7 Å². The summed E-state index contributed by atoms with van der Waals surface area (Å²) >= 11 is 0. The Morgan fingerprint density at radius 1 is 1.13 bits per heavy atom. The number of fused-ring (bicyclic) bond motifs is 3. The third-order valence-corrected chi connectivity index (χ3v) is 10.6. The van der Waals surface area contributed by atoms with Crippen molar-refractivity contribution in [2.75, 3.05) is 44.2 Å². The Labute approximate surface area is 307 Å². The summed E-state index contributed by atoms with van der Waals surface area (Å²) in [6.45, 7) is 3.32. The van der Waals surface area contributed by atoms with E-state index in [4.69, 9.17) is 16.1 Å². The lowest BCUT2D eigenvalue weighted by atomic mass is 9.95. The van der Waals surface area contributed by atoms with E-state index in [1.165, 1.54) is 47.8 Å². The fourth-order valence-corrected chi connectivity index (χ4v) is 8.06. The number of halogens is 4. The number of hydrogen-bond acceptors (Lipinski definition) is 10. The van der Waals surface area contributed by atoms with Gasteiger partial charge < -0.3 is 19.6 Å². The molecule has 0 aliphatic carbocycles. The molecular weight excluding hydrogens is 704 g/mol. The molecule has 3 atom stereocenters. The van der Waals surface area contributed by atoms with Crippen LogP contribution < -0.4 is 9.64 Å². The standard InChI is InChI=1S/C39H34F4N8O3/c1-3-26-29(41)7-6-23-14-25(52)15-27(32(23)26)34-33(43)35-28(18-46-34)36(48-38(47-35)54-21-39-8-4-11-50(39)20-24(40)17-39)51-13-12-49(19-22(51)2)37(53)30(42)16-31-44-9-5-10-45-31/h1,5-7,9-10,14-16,18,22,24,52H,4,8,11-13,17,19-21H2,2H3/b30-16-/t22-,24+,39-/m0/s1. The van der Waals surface area contributed by atoms with Crippen LogP contribution in [0.15, 0.2) is 54.7 Å². The Morgan fingerprint density at radius 2 is 1.94 bits per heavy atom. The summed E-state index contributed by atoms with van der Waals surface area (Å²) in [7, 11) is 0. The first-order valence-electron chi connectivity index (χ1n) is 17.6. The molecule has 54 heavy (non-hydrogen) atoms. The number of hydrogen-bond donors (Lipinski definition) is 1. The number of carbonyl (C=O) groups excluding carboxylic acids is 1. The zero-order valence-electron chi connectivity index (χ0n) is 29.1. The third-order valence-electron chi connectivity index (χ3n) is 10.6. The van der Waals surface area contributed by atoms with E-state index in [0.29, 0.717) is 18.4 Å². The number of amides is 1. The molecular formula is C39H34F4N8O3. The van der Waals surface area contributed by atoms with Crippen LogP contribution >= 0.6 is 0 Å². The normalized spacial score (nSPS) is 21.8. The summed E-state index contributed by atoms with van der Waals surface area (Å²) in [5.41, 5.74) is -1.03. The van der Waals surface area contributed by atoms with Crippen molar-refractivity contribution < 1.29 is 32.2 Å². The van der Waals surface area contributed by atoms with Crippen LogP contribution in [0.25, 0.3) is 39.0 Å². The number of rotatable bonds is 7. The minimum atomic E-state index is -1.01. The second kappa shape index (κ2) is 13.8. The van der Waals surface area contributed by atoms with E-state index in [2.05, 4.69) is 30.8 Å². The number of terminal acetylenes is 1. The average molecular weight is 739 g/mol. The van der Waals surface area contributed by atoms with Gasteiger partial charge in [0.15, 0.2) is 17.5 Å². The molecule has 3 aliphatic rings. The summed E-state index contributed by atoms with van der Waals surface area (Å²) < 4.78 is 67.8. The van der Waals surface area contributed by atoms with E-state index in [1.54, 1.807) is 6.07 Å². The van der Waals surface area contributed by atoms with Crippen molar-refractivity contribution >= 4 is 39.5 Å². The van der Waals surface area contributed by atoms with Gasteiger partial charge in [0.05, 0.1) is 16.5 Å². The number of phenolic OH excluding ortho intramolecular Hbond substituents is 1. The van der Waals surface area contributed by atoms with Crippen LogP contribution in [0.3, 0.4) is 0 Å². The van der Waals surface area contributed by atoms with Gasteiger partial charge in [0.1, 0.15) is 41.4 Å². The number of aromatic hydroxyl groups is 1. The van der Waals surface area contributed by atoms with Gasteiger partial charge in [-0.15, -0.1) is 6.42 Å². The van der Waals surface area contributed by atoms with Crippen LogP contribution in [0, 0.1) is 24.0 Å². The van der Waals surface area contributed by atoms with Crippen LogP contribution in [0.5, 0.6) is 11.8 Å². The maximum absolute atomic E-state index is 17.0. The van der Waals surface area contributed by atoms with Crippen molar-refractivity contribution in [2.24, 2.45) is 0 Å². The van der Waals surface area contributed by atoms with Gasteiger partial charge in [-0.05, 0) is 56.0 Å². The number of ether oxygens (including phenoxy) is 1. The summed E-state index contributed by atoms with van der Waals surface area (Å²) in [5, 5.41) is 11.4. The van der Waals surface area contributed by atoms with E-state index in [9.17, 15) is 18.7 Å². The van der Waals surface area contributed by atoms with Crippen LogP contribution in [0.4, 0.5) is 23.4 Å². The van der Waals surface area contributed by atoms with Gasteiger partial charge in [-0.3, -0.25) is 14.7 Å². The minimum Gasteiger partial charge on any atom is -0.508 e. The van der Waals surface area contributed by atoms with Crippen molar-refractivity contribution in [3.05, 3.63) is 77.8 Å². The second-order valence-corrected chi connectivity index (χ2v) is 13.9. The summed E-state index contributed by atoms with van der Waals surface area (Å²) in [6, 6.07) is 6.23. The molecule has 8 rings (SSSR count). The Morgan fingerprint density at radius 3 is 2.72 bits per heavy atom. The summed E-state index contributed by atoms with van der Waals surface area (Å²) in [5.74, 6) is -1.00. The zero-order chi connectivity index (χ0) is 37.7. The van der Waals surface area contributed by atoms with Crippen LogP contribution in [0.2, 0.25) is 0 Å². The predicted octanol–water partition coefficient (Wildman–Crippen LogP) is 5.60. The van der Waals surface area contributed by atoms with Gasteiger partial charge in [0.2, 0.25) is 0 Å². The molecule has 5 aromatic rings. The highest BCUT2D eigenvalue weighted by Crippen LogP contribution is 2.42. The van der Waals surface area contributed by atoms with E-state index in [1.807, 2.05) is 11.8 Å². The van der Waals surface area contributed by atoms with E-state index < -0.39 is 41.1 Å². The smallest absolute Gasteiger partial charge is 0.319 e. The van der Waals surface area contributed by atoms with Crippen molar-refractivity contribution in [3.63, 3.8) is 0 Å². The molecule has 1 N–H and O–H groups in total. The number of phenols is 1. The minimum absolute atomic E-state index is 0.0522.